The van der Waals surface area contributed by atoms with E-state index in [1.807, 2.05) is 45.0 Å². The molecule has 0 N–H and O–H groups in total. The van der Waals surface area contributed by atoms with Crippen molar-refractivity contribution in [1.82, 2.24) is 14.8 Å². The lowest BCUT2D eigenvalue weighted by Gasteiger charge is -2.29. The maximum absolute atomic E-state index is 13.2. The van der Waals surface area contributed by atoms with Crippen LogP contribution in [0.25, 0.3) is 5.00 Å². The van der Waals surface area contributed by atoms with Gasteiger partial charge in [0.15, 0.2) is 5.82 Å². The first-order valence-electron chi connectivity index (χ1n) is 12.3. The number of aliphatic imine (C=N–C) groups is 1. The van der Waals surface area contributed by atoms with Crippen LogP contribution in [-0.2, 0) is 9.53 Å². The highest BCUT2D eigenvalue weighted by atomic mass is 35.5. The average molecular weight is 527 g/mol. The normalized spacial score (nSPS) is 15.7. The Kier molecular flexibility index (Phi) is 7.19. The zero-order valence-corrected chi connectivity index (χ0v) is 24.0. The van der Waals surface area contributed by atoms with Crippen LogP contribution in [0.5, 0.6) is 0 Å². The molecule has 0 unspecified atom stereocenters. The predicted octanol–water partition coefficient (Wildman–Crippen LogP) is 7.34. The van der Waals surface area contributed by atoms with E-state index in [0.717, 1.165) is 46.1 Å². The van der Waals surface area contributed by atoms with Gasteiger partial charge in [-0.2, -0.15) is 0 Å². The number of carbonyl (C=O) groups is 1. The van der Waals surface area contributed by atoms with Gasteiger partial charge in [-0.25, -0.2) is 0 Å². The van der Waals surface area contributed by atoms with Gasteiger partial charge in [-0.3, -0.25) is 14.4 Å². The van der Waals surface area contributed by atoms with Gasteiger partial charge in [0, 0.05) is 21.0 Å². The number of thiophene rings is 1. The van der Waals surface area contributed by atoms with Crippen molar-refractivity contribution in [2.75, 3.05) is 0 Å². The fourth-order valence-electron chi connectivity index (χ4n) is 4.37. The Morgan fingerprint density at radius 2 is 1.72 bits per heavy atom. The van der Waals surface area contributed by atoms with Crippen LogP contribution in [0.15, 0.2) is 29.3 Å². The van der Waals surface area contributed by atoms with E-state index in [4.69, 9.17) is 21.3 Å². The standard InChI is InChI=1S/C28H35ClN4O2S/c1-16-17(2)36-26-23(16)24(19-9-11-20(29)12-10-19)30-21(25-32-31-18(3)33(25)26)15-22(34)35-28(7,8)14-13-27(4,5)6/h9-12,21H,13-15H2,1-8H3/t21-/m0/s1. The van der Waals surface area contributed by atoms with Gasteiger partial charge in [-0.15, -0.1) is 21.5 Å². The van der Waals surface area contributed by atoms with Crippen LogP contribution in [-0.4, -0.2) is 32.0 Å². The van der Waals surface area contributed by atoms with Crippen molar-refractivity contribution in [3.8, 4) is 5.00 Å². The summed E-state index contributed by atoms with van der Waals surface area (Å²) in [5.74, 6) is 1.14. The molecular formula is C28H35ClN4O2S. The number of ether oxygens (including phenoxy) is 1. The van der Waals surface area contributed by atoms with E-state index in [0.29, 0.717) is 10.8 Å². The van der Waals surface area contributed by atoms with E-state index >= 15 is 0 Å². The Morgan fingerprint density at radius 3 is 2.36 bits per heavy atom. The Hall–Kier alpha value is -2.51. The van der Waals surface area contributed by atoms with Crippen LogP contribution in [0.3, 0.4) is 0 Å². The Bertz CT molecular complexity index is 1310. The number of carbonyl (C=O) groups excluding carboxylic acids is 1. The van der Waals surface area contributed by atoms with Gasteiger partial charge in [-0.1, -0.05) is 44.5 Å². The summed E-state index contributed by atoms with van der Waals surface area (Å²) in [6.45, 7) is 16.7. The third-order valence-electron chi connectivity index (χ3n) is 6.58. The quantitative estimate of drug-likeness (QED) is 0.315. The number of aryl methyl sites for hydroxylation is 2. The van der Waals surface area contributed by atoms with Crippen LogP contribution < -0.4 is 0 Å². The number of esters is 1. The lowest BCUT2D eigenvalue weighted by molar-refractivity contribution is -0.158. The Labute approximate surface area is 222 Å². The van der Waals surface area contributed by atoms with Crippen LogP contribution in [0, 0.1) is 26.2 Å². The van der Waals surface area contributed by atoms with Crippen LogP contribution in [0.2, 0.25) is 5.02 Å². The molecular weight excluding hydrogens is 492 g/mol. The van der Waals surface area contributed by atoms with Gasteiger partial charge in [0.25, 0.3) is 0 Å². The third kappa shape index (κ3) is 5.57. The molecule has 2 aromatic heterocycles. The fraction of sp³-hybridized carbons (Fsp3) is 0.500. The monoisotopic (exact) mass is 526 g/mol. The molecule has 0 saturated heterocycles. The van der Waals surface area contributed by atoms with Gasteiger partial charge in [-0.05, 0) is 70.6 Å². The topological polar surface area (TPSA) is 69.4 Å². The third-order valence-corrected chi connectivity index (χ3v) is 8.03. The van der Waals surface area contributed by atoms with E-state index < -0.39 is 11.6 Å². The Morgan fingerprint density at radius 1 is 1.06 bits per heavy atom. The van der Waals surface area contributed by atoms with Gasteiger partial charge in [0.2, 0.25) is 0 Å². The highest BCUT2D eigenvalue weighted by molar-refractivity contribution is 7.15. The molecule has 1 aliphatic heterocycles. The van der Waals surface area contributed by atoms with E-state index in [9.17, 15) is 4.79 Å². The first kappa shape index (κ1) is 26.6. The molecule has 0 saturated carbocycles. The number of nitrogens with zero attached hydrogens (tertiary/aromatic N) is 4. The van der Waals surface area contributed by atoms with Crippen molar-refractivity contribution < 1.29 is 9.53 Å². The first-order chi connectivity index (χ1) is 16.8. The van der Waals surface area contributed by atoms with Crippen molar-refractivity contribution in [1.29, 1.82) is 0 Å². The number of aromatic nitrogens is 3. The van der Waals surface area contributed by atoms with Crippen LogP contribution >= 0.6 is 22.9 Å². The fourth-order valence-corrected chi connectivity index (χ4v) is 5.71. The van der Waals surface area contributed by atoms with E-state index in [1.54, 1.807) is 11.3 Å². The molecule has 1 aromatic carbocycles. The summed E-state index contributed by atoms with van der Waals surface area (Å²) in [5.41, 5.74) is 3.59. The van der Waals surface area contributed by atoms with E-state index in [-0.39, 0.29) is 17.8 Å². The summed E-state index contributed by atoms with van der Waals surface area (Å²) in [7, 11) is 0. The molecule has 192 valence electrons. The average Bonchev–Trinajstić information content (AvgIpc) is 3.25. The largest absolute Gasteiger partial charge is 0.460 e. The summed E-state index contributed by atoms with van der Waals surface area (Å²) in [4.78, 5) is 19.6. The molecule has 36 heavy (non-hydrogen) atoms. The molecule has 1 atom stereocenters. The van der Waals surface area contributed by atoms with Crippen molar-refractivity contribution in [2.45, 2.75) is 86.3 Å². The molecule has 0 radical (unpaired) electrons. The minimum atomic E-state index is -0.562. The van der Waals surface area contributed by atoms with Crippen molar-refractivity contribution in [3.63, 3.8) is 0 Å². The second-order valence-electron chi connectivity index (χ2n) is 11.4. The second kappa shape index (κ2) is 9.75. The molecule has 0 bridgehead atoms. The molecule has 0 spiro atoms. The molecule has 8 heteroatoms. The maximum atomic E-state index is 13.2. The number of rotatable bonds is 6. The highest BCUT2D eigenvalue weighted by Gasteiger charge is 2.34. The number of benzene rings is 1. The van der Waals surface area contributed by atoms with Gasteiger partial charge < -0.3 is 4.74 Å². The van der Waals surface area contributed by atoms with Crippen molar-refractivity contribution in [2.24, 2.45) is 10.4 Å². The van der Waals surface area contributed by atoms with E-state index in [2.05, 4.69) is 49.4 Å². The smallest absolute Gasteiger partial charge is 0.308 e. The molecule has 3 aromatic rings. The number of hydrogen-bond donors (Lipinski definition) is 0. The van der Waals surface area contributed by atoms with Gasteiger partial charge in [0.1, 0.15) is 22.5 Å². The minimum absolute atomic E-state index is 0.0845. The summed E-state index contributed by atoms with van der Waals surface area (Å²) < 4.78 is 8.03. The molecule has 6 nitrogen and oxygen atoms in total. The van der Waals surface area contributed by atoms with E-state index in [1.165, 1.54) is 4.88 Å². The highest BCUT2D eigenvalue weighted by Crippen LogP contribution is 2.40. The molecule has 4 rings (SSSR count). The summed E-state index contributed by atoms with van der Waals surface area (Å²) >= 11 is 7.88. The minimum Gasteiger partial charge on any atom is -0.460 e. The second-order valence-corrected chi connectivity index (χ2v) is 13.0. The Balaban J connectivity index is 1.74. The predicted molar refractivity (Wildman–Crippen MR) is 147 cm³/mol. The number of hydrogen-bond acceptors (Lipinski definition) is 6. The van der Waals surface area contributed by atoms with Crippen LogP contribution in [0.4, 0.5) is 0 Å². The van der Waals surface area contributed by atoms with Gasteiger partial charge >= 0.3 is 5.97 Å². The molecule has 0 fully saturated rings. The zero-order chi connectivity index (χ0) is 26.4. The van der Waals surface area contributed by atoms with Gasteiger partial charge in [0.05, 0.1) is 12.1 Å². The SMILES string of the molecule is Cc1sc2c(c1C)C(c1ccc(Cl)cc1)=N[C@@H](CC(=O)OC(C)(C)CCC(C)(C)C)c1nnc(C)n1-2. The first-order valence-corrected chi connectivity index (χ1v) is 13.5. The maximum Gasteiger partial charge on any atom is 0.308 e. The molecule has 0 amide bonds. The summed E-state index contributed by atoms with van der Waals surface area (Å²) in [5, 5.41) is 10.5. The summed E-state index contributed by atoms with van der Waals surface area (Å²) in [6.07, 6.45) is 1.83. The summed E-state index contributed by atoms with van der Waals surface area (Å²) in [6, 6.07) is 7.15. The van der Waals surface area contributed by atoms with Crippen molar-refractivity contribution >= 4 is 34.6 Å². The zero-order valence-electron chi connectivity index (χ0n) is 22.4. The van der Waals surface area contributed by atoms with Crippen molar-refractivity contribution in [3.05, 3.63) is 62.5 Å². The van der Waals surface area contributed by atoms with Crippen LogP contribution in [0.1, 0.15) is 93.1 Å². The number of halogens is 1. The molecule has 3 heterocycles. The molecule has 1 aliphatic rings. The molecule has 0 aliphatic carbocycles. The number of fused-ring (bicyclic) bond motifs is 3. The lowest BCUT2D eigenvalue weighted by Crippen LogP contribution is -2.30. The lowest BCUT2D eigenvalue weighted by atomic mass is 9.86.